The zero-order chi connectivity index (χ0) is 20.5. The van der Waals surface area contributed by atoms with Gasteiger partial charge in [0, 0.05) is 24.8 Å². The van der Waals surface area contributed by atoms with Gasteiger partial charge in [0.1, 0.15) is 35.7 Å². The predicted molar refractivity (Wildman–Crippen MR) is 103 cm³/mol. The van der Waals surface area contributed by atoms with Gasteiger partial charge in [0.25, 0.3) is 0 Å². The number of fused-ring (bicyclic) bond motifs is 2. The fraction of sp³-hybridized carbons (Fsp3) is 0.300. The van der Waals surface area contributed by atoms with Crippen LogP contribution in [0.2, 0.25) is 0 Å². The molecule has 2 aromatic heterocycles. The van der Waals surface area contributed by atoms with Gasteiger partial charge in [0.2, 0.25) is 5.69 Å². The Kier molecular flexibility index (Phi) is 4.76. The van der Waals surface area contributed by atoms with Gasteiger partial charge in [-0.1, -0.05) is 0 Å². The van der Waals surface area contributed by atoms with Gasteiger partial charge < -0.3 is 14.4 Å². The Morgan fingerprint density at radius 3 is 2.97 bits per heavy atom. The summed E-state index contributed by atoms with van der Waals surface area (Å²) in [4.78, 5) is 22.3. The summed E-state index contributed by atoms with van der Waals surface area (Å²) in [7, 11) is 0. The number of cyclic esters (lactones) is 1. The molecule has 1 atom stereocenters. The largest absolute Gasteiger partial charge is 0.488 e. The number of carbonyl (C=O) groups excluding carboxylic acids is 1. The van der Waals surface area contributed by atoms with Crippen LogP contribution in [0.4, 0.5) is 15.9 Å². The third-order valence-corrected chi connectivity index (χ3v) is 4.71. The molecule has 3 aromatic rings. The monoisotopic (exact) mass is 395 g/mol. The molecule has 0 amide bonds. The van der Waals surface area contributed by atoms with Crippen molar-refractivity contribution >= 4 is 23.1 Å². The molecule has 2 bridgehead atoms. The van der Waals surface area contributed by atoms with Crippen molar-refractivity contribution in [3.05, 3.63) is 59.0 Å². The molecule has 1 aliphatic heterocycles. The standard InChI is InChI=1S/C20H18FN5O3/c1-4-25-10-14-16(6-5-15(21)18(14)22-3)29-12(2)11-28-20(27)13-9-23-26-8-7-17(25)24-19(13)26/h5-9,12H,4,10-11H2,1-2H3/t12-/m0/s1. The summed E-state index contributed by atoms with van der Waals surface area (Å²) in [6.45, 7) is 11.8. The third kappa shape index (κ3) is 3.33. The summed E-state index contributed by atoms with van der Waals surface area (Å²) in [6.07, 6.45) is 2.61. The van der Waals surface area contributed by atoms with Crippen molar-refractivity contribution in [3.63, 3.8) is 0 Å². The molecule has 1 aromatic carbocycles. The van der Waals surface area contributed by atoms with Crippen molar-refractivity contribution < 1.29 is 18.7 Å². The molecular weight excluding hydrogens is 377 g/mol. The van der Waals surface area contributed by atoms with Crippen molar-refractivity contribution in [3.8, 4) is 5.75 Å². The number of benzene rings is 1. The lowest BCUT2D eigenvalue weighted by molar-refractivity contribution is 0.0342. The normalized spacial score (nSPS) is 16.8. The van der Waals surface area contributed by atoms with Crippen molar-refractivity contribution in [1.82, 2.24) is 14.6 Å². The van der Waals surface area contributed by atoms with Crippen molar-refractivity contribution in [1.29, 1.82) is 0 Å². The molecule has 3 heterocycles. The Morgan fingerprint density at radius 2 is 2.21 bits per heavy atom. The van der Waals surface area contributed by atoms with Gasteiger partial charge in [0.15, 0.2) is 5.65 Å². The molecular formula is C20H18FN5O3. The number of esters is 1. The summed E-state index contributed by atoms with van der Waals surface area (Å²) in [5, 5.41) is 4.14. The Morgan fingerprint density at radius 1 is 1.38 bits per heavy atom. The lowest BCUT2D eigenvalue weighted by atomic mass is 10.1. The number of hydrogen-bond acceptors (Lipinski definition) is 6. The molecule has 0 N–H and O–H groups in total. The topological polar surface area (TPSA) is 73.3 Å². The van der Waals surface area contributed by atoms with Crippen LogP contribution in [-0.4, -0.2) is 39.8 Å². The molecule has 0 spiro atoms. The van der Waals surface area contributed by atoms with Gasteiger partial charge in [-0.3, -0.25) is 0 Å². The molecule has 0 aliphatic carbocycles. The van der Waals surface area contributed by atoms with Crippen LogP contribution in [-0.2, 0) is 11.3 Å². The summed E-state index contributed by atoms with van der Waals surface area (Å²) in [5.41, 5.74) is 0.948. The number of rotatable bonds is 1. The maximum absolute atomic E-state index is 14.3. The first-order valence-corrected chi connectivity index (χ1v) is 9.13. The Labute approximate surface area is 166 Å². The quantitative estimate of drug-likeness (QED) is 0.465. The highest BCUT2D eigenvalue weighted by atomic mass is 19.1. The van der Waals surface area contributed by atoms with Crippen LogP contribution in [0.3, 0.4) is 0 Å². The Hall–Kier alpha value is -3.67. The number of ether oxygens (including phenoxy) is 2. The summed E-state index contributed by atoms with van der Waals surface area (Å²) in [5.74, 6) is -0.220. The van der Waals surface area contributed by atoms with Gasteiger partial charge in [-0.2, -0.15) is 5.10 Å². The average Bonchev–Trinajstić information content (AvgIpc) is 3.14. The molecule has 29 heavy (non-hydrogen) atoms. The van der Waals surface area contributed by atoms with Gasteiger partial charge in [-0.05, 0) is 32.0 Å². The Bertz CT molecular complexity index is 1140. The minimum atomic E-state index is -0.608. The lowest BCUT2D eigenvalue weighted by Crippen LogP contribution is -2.25. The first-order valence-electron chi connectivity index (χ1n) is 9.13. The molecule has 0 unspecified atom stereocenters. The molecule has 0 radical (unpaired) electrons. The first kappa shape index (κ1) is 18.7. The van der Waals surface area contributed by atoms with Crippen LogP contribution in [0.15, 0.2) is 30.6 Å². The fourth-order valence-corrected chi connectivity index (χ4v) is 3.22. The van der Waals surface area contributed by atoms with Crippen LogP contribution in [0.1, 0.15) is 29.8 Å². The molecule has 8 nitrogen and oxygen atoms in total. The van der Waals surface area contributed by atoms with E-state index >= 15 is 0 Å². The van der Waals surface area contributed by atoms with Gasteiger partial charge in [-0.15, -0.1) is 0 Å². The molecule has 4 rings (SSSR count). The van der Waals surface area contributed by atoms with E-state index in [1.807, 2.05) is 11.8 Å². The number of nitrogens with zero attached hydrogens (tertiary/aromatic N) is 5. The van der Waals surface area contributed by atoms with Crippen LogP contribution >= 0.6 is 0 Å². The molecule has 0 saturated heterocycles. The van der Waals surface area contributed by atoms with Crippen LogP contribution in [0.5, 0.6) is 5.75 Å². The van der Waals surface area contributed by atoms with Gasteiger partial charge in [-0.25, -0.2) is 23.5 Å². The van der Waals surface area contributed by atoms with Crippen molar-refractivity contribution in [2.45, 2.75) is 26.5 Å². The minimum absolute atomic E-state index is 0.0163. The molecule has 9 heteroatoms. The number of carbonyl (C=O) groups is 1. The number of hydrogen-bond donors (Lipinski definition) is 0. The average molecular weight is 395 g/mol. The van der Waals surface area contributed by atoms with Crippen LogP contribution in [0.25, 0.3) is 10.5 Å². The number of halogens is 1. The lowest BCUT2D eigenvalue weighted by Gasteiger charge is -2.25. The SMILES string of the molecule is [C-]#[N+]c1c(F)ccc2c1CN(CC)c1ccn3ncc(c3n1)C(=O)OC[C@H](C)O2. The van der Waals surface area contributed by atoms with E-state index in [-0.39, 0.29) is 24.4 Å². The highest BCUT2D eigenvalue weighted by molar-refractivity contribution is 5.95. The predicted octanol–water partition coefficient (Wildman–Crippen LogP) is 3.38. The van der Waals surface area contributed by atoms with E-state index in [9.17, 15) is 9.18 Å². The van der Waals surface area contributed by atoms with Gasteiger partial charge >= 0.3 is 5.97 Å². The van der Waals surface area contributed by atoms with E-state index in [4.69, 9.17) is 16.0 Å². The zero-order valence-corrected chi connectivity index (χ0v) is 15.9. The van der Waals surface area contributed by atoms with Gasteiger partial charge in [0.05, 0.1) is 12.8 Å². The van der Waals surface area contributed by atoms with E-state index in [1.165, 1.54) is 22.8 Å². The second-order valence-corrected chi connectivity index (χ2v) is 6.64. The fourth-order valence-electron chi connectivity index (χ4n) is 3.22. The second-order valence-electron chi connectivity index (χ2n) is 6.64. The molecule has 148 valence electrons. The zero-order valence-electron chi connectivity index (χ0n) is 15.9. The van der Waals surface area contributed by atoms with Crippen molar-refractivity contribution in [2.75, 3.05) is 18.1 Å². The van der Waals surface area contributed by atoms with Crippen molar-refractivity contribution in [2.24, 2.45) is 0 Å². The molecule has 1 aliphatic rings. The van der Waals surface area contributed by atoms with E-state index in [0.29, 0.717) is 29.3 Å². The number of anilines is 1. The summed E-state index contributed by atoms with van der Waals surface area (Å²) in [6, 6.07) is 4.45. The molecule has 0 saturated carbocycles. The summed E-state index contributed by atoms with van der Waals surface area (Å²) >= 11 is 0. The maximum Gasteiger partial charge on any atom is 0.343 e. The third-order valence-electron chi connectivity index (χ3n) is 4.71. The molecule has 0 fully saturated rings. The van der Waals surface area contributed by atoms with E-state index < -0.39 is 17.9 Å². The van der Waals surface area contributed by atoms with E-state index in [1.54, 1.807) is 19.2 Å². The smallest absolute Gasteiger partial charge is 0.343 e. The second kappa shape index (κ2) is 7.39. The summed E-state index contributed by atoms with van der Waals surface area (Å²) < 4.78 is 27.1. The van der Waals surface area contributed by atoms with E-state index in [0.717, 1.165) is 0 Å². The first-order chi connectivity index (χ1) is 14.0. The Balaban J connectivity index is 1.90. The van der Waals surface area contributed by atoms with Crippen LogP contribution < -0.4 is 9.64 Å². The number of aromatic nitrogens is 3. The highest BCUT2D eigenvalue weighted by Crippen LogP contribution is 2.34. The van der Waals surface area contributed by atoms with Crippen LogP contribution in [0, 0.1) is 12.4 Å². The van der Waals surface area contributed by atoms with E-state index in [2.05, 4.69) is 14.9 Å². The minimum Gasteiger partial charge on any atom is -0.488 e. The maximum atomic E-state index is 14.3. The highest BCUT2D eigenvalue weighted by Gasteiger charge is 2.23.